The van der Waals surface area contributed by atoms with Crippen LogP contribution in [0.15, 0.2) is 42.5 Å². The number of halogens is 1. The molecule has 90 valence electrons. The van der Waals surface area contributed by atoms with Gasteiger partial charge >= 0.3 is 0 Å². The fourth-order valence-electron chi connectivity index (χ4n) is 2.28. The molecule has 1 heteroatoms. The average Bonchev–Trinajstić information content (AvgIpc) is 2.36. The lowest BCUT2D eigenvalue weighted by Crippen LogP contribution is -2.00. The summed E-state index contributed by atoms with van der Waals surface area (Å²) in [5, 5.41) is 3.01. The van der Waals surface area contributed by atoms with E-state index in [4.69, 9.17) is 11.6 Å². The van der Waals surface area contributed by atoms with Crippen LogP contribution in [0.3, 0.4) is 0 Å². The van der Waals surface area contributed by atoms with Gasteiger partial charge in [0.25, 0.3) is 0 Å². The smallest absolute Gasteiger partial charge is 0.0339 e. The predicted molar refractivity (Wildman–Crippen MR) is 76.8 cm³/mol. The van der Waals surface area contributed by atoms with Gasteiger partial charge in [0.05, 0.1) is 0 Å². The van der Waals surface area contributed by atoms with Crippen molar-refractivity contribution in [2.24, 2.45) is 0 Å². The summed E-state index contributed by atoms with van der Waals surface area (Å²) in [7, 11) is 0. The van der Waals surface area contributed by atoms with E-state index in [0.29, 0.717) is 5.38 Å². The van der Waals surface area contributed by atoms with Crippen LogP contribution in [0.2, 0.25) is 0 Å². The lowest BCUT2D eigenvalue weighted by molar-refractivity contribution is 0.677. The topological polar surface area (TPSA) is 0 Å². The second-order valence-corrected chi connectivity index (χ2v) is 5.18. The first kappa shape index (κ1) is 12.4. The van der Waals surface area contributed by atoms with Crippen LogP contribution in [0.25, 0.3) is 10.8 Å². The normalized spacial score (nSPS) is 12.8. The summed E-state index contributed by atoms with van der Waals surface area (Å²) < 4.78 is 0. The van der Waals surface area contributed by atoms with Crippen molar-refractivity contribution < 1.29 is 0 Å². The van der Waals surface area contributed by atoms with Crippen molar-refractivity contribution >= 4 is 22.4 Å². The monoisotopic (exact) mass is 246 g/mol. The summed E-state index contributed by atoms with van der Waals surface area (Å²) in [6, 6.07) is 15.1. The standard InChI is InChI=1S/C16H19Cl/c1-2-6-15(17)12-11-14-9-5-8-13-7-3-4-10-16(13)14/h3-5,7-10,15H,2,6,11-12H2,1H3. The Morgan fingerprint density at radius 1 is 1.00 bits per heavy atom. The number of rotatable bonds is 5. The molecule has 0 aliphatic heterocycles. The summed E-state index contributed by atoms with van der Waals surface area (Å²) in [5.74, 6) is 0. The van der Waals surface area contributed by atoms with Crippen LogP contribution in [0, 0.1) is 0 Å². The number of hydrogen-bond acceptors (Lipinski definition) is 0. The molecule has 0 nitrogen and oxygen atoms in total. The molecule has 0 aliphatic rings. The third kappa shape index (κ3) is 3.23. The van der Waals surface area contributed by atoms with Crippen LogP contribution in [0.4, 0.5) is 0 Å². The van der Waals surface area contributed by atoms with Crippen molar-refractivity contribution in [2.75, 3.05) is 0 Å². The Bertz CT molecular complexity index is 470. The molecule has 0 aromatic heterocycles. The third-order valence-corrected chi connectivity index (χ3v) is 3.65. The van der Waals surface area contributed by atoms with Gasteiger partial charge in [0.1, 0.15) is 0 Å². The second kappa shape index (κ2) is 6.07. The van der Waals surface area contributed by atoms with Crippen molar-refractivity contribution in [1.82, 2.24) is 0 Å². The number of alkyl halides is 1. The molecule has 2 aromatic rings. The fraction of sp³-hybridized carbons (Fsp3) is 0.375. The Hall–Kier alpha value is -1.01. The highest BCUT2D eigenvalue weighted by atomic mass is 35.5. The first-order valence-electron chi connectivity index (χ1n) is 6.42. The van der Waals surface area contributed by atoms with Gasteiger partial charge in [0.2, 0.25) is 0 Å². The van der Waals surface area contributed by atoms with E-state index in [-0.39, 0.29) is 0 Å². The van der Waals surface area contributed by atoms with Gasteiger partial charge in [0.15, 0.2) is 0 Å². The van der Waals surface area contributed by atoms with Gasteiger partial charge in [-0.15, -0.1) is 11.6 Å². The van der Waals surface area contributed by atoms with Crippen LogP contribution >= 0.6 is 11.6 Å². The zero-order chi connectivity index (χ0) is 12.1. The molecule has 0 N–H and O–H groups in total. The highest BCUT2D eigenvalue weighted by Crippen LogP contribution is 2.21. The zero-order valence-electron chi connectivity index (χ0n) is 10.3. The Morgan fingerprint density at radius 2 is 1.76 bits per heavy atom. The molecule has 17 heavy (non-hydrogen) atoms. The summed E-state index contributed by atoms with van der Waals surface area (Å²) in [5.41, 5.74) is 1.42. The van der Waals surface area contributed by atoms with Gasteiger partial charge in [-0.2, -0.15) is 0 Å². The molecule has 0 heterocycles. The van der Waals surface area contributed by atoms with Crippen LogP contribution in [-0.2, 0) is 6.42 Å². The largest absolute Gasteiger partial charge is 0.123 e. The highest BCUT2D eigenvalue weighted by Gasteiger charge is 2.05. The Balaban J connectivity index is 2.13. The first-order valence-corrected chi connectivity index (χ1v) is 6.85. The molecule has 0 amide bonds. The maximum Gasteiger partial charge on any atom is 0.0339 e. The van der Waals surface area contributed by atoms with E-state index >= 15 is 0 Å². The van der Waals surface area contributed by atoms with E-state index < -0.39 is 0 Å². The van der Waals surface area contributed by atoms with E-state index in [0.717, 1.165) is 19.3 Å². The average molecular weight is 247 g/mol. The van der Waals surface area contributed by atoms with Crippen molar-refractivity contribution in [3.05, 3.63) is 48.0 Å². The Kier molecular flexibility index (Phi) is 4.44. The molecule has 0 radical (unpaired) electrons. The summed E-state index contributed by atoms with van der Waals surface area (Å²) in [4.78, 5) is 0. The molecule has 2 rings (SSSR count). The minimum atomic E-state index is 0.318. The van der Waals surface area contributed by atoms with Crippen molar-refractivity contribution in [3.63, 3.8) is 0 Å². The fourth-order valence-corrected chi connectivity index (χ4v) is 2.61. The van der Waals surface area contributed by atoms with Gasteiger partial charge in [-0.3, -0.25) is 0 Å². The van der Waals surface area contributed by atoms with E-state index in [9.17, 15) is 0 Å². The molecular weight excluding hydrogens is 228 g/mol. The molecule has 2 aromatic carbocycles. The maximum atomic E-state index is 6.28. The lowest BCUT2D eigenvalue weighted by atomic mass is 9.99. The molecule has 0 aliphatic carbocycles. The van der Waals surface area contributed by atoms with E-state index in [1.54, 1.807) is 0 Å². The van der Waals surface area contributed by atoms with Gasteiger partial charge < -0.3 is 0 Å². The third-order valence-electron chi connectivity index (χ3n) is 3.21. The molecule has 0 saturated carbocycles. The van der Waals surface area contributed by atoms with Crippen molar-refractivity contribution in [2.45, 2.75) is 38.0 Å². The van der Waals surface area contributed by atoms with Gasteiger partial charge in [0, 0.05) is 5.38 Å². The summed E-state index contributed by atoms with van der Waals surface area (Å²) in [6.45, 7) is 2.19. The van der Waals surface area contributed by atoms with Crippen molar-refractivity contribution in [3.8, 4) is 0 Å². The first-order chi connectivity index (χ1) is 8.31. The Labute approximate surface area is 109 Å². The quantitative estimate of drug-likeness (QED) is 0.638. The van der Waals surface area contributed by atoms with Gasteiger partial charge in [-0.1, -0.05) is 55.8 Å². The molecule has 0 fully saturated rings. The zero-order valence-corrected chi connectivity index (χ0v) is 11.1. The number of aryl methyl sites for hydroxylation is 1. The van der Waals surface area contributed by atoms with E-state index in [1.807, 2.05) is 0 Å². The molecule has 0 bridgehead atoms. The Morgan fingerprint density at radius 3 is 2.59 bits per heavy atom. The predicted octanol–water partition coefficient (Wildman–Crippen LogP) is 5.18. The van der Waals surface area contributed by atoms with Crippen LogP contribution in [-0.4, -0.2) is 5.38 Å². The second-order valence-electron chi connectivity index (χ2n) is 4.56. The van der Waals surface area contributed by atoms with Crippen LogP contribution in [0.1, 0.15) is 31.7 Å². The van der Waals surface area contributed by atoms with E-state index in [1.165, 1.54) is 22.8 Å². The number of fused-ring (bicyclic) bond motifs is 1. The van der Waals surface area contributed by atoms with Crippen molar-refractivity contribution in [1.29, 1.82) is 0 Å². The van der Waals surface area contributed by atoms with E-state index in [2.05, 4.69) is 49.4 Å². The lowest BCUT2D eigenvalue weighted by Gasteiger charge is -2.10. The van der Waals surface area contributed by atoms with Gasteiger partial charge in [-0.25, -0.2) is 0 Å². The summed E-state index contributed by atoms with van der Waals surface area (Å²) in [6.07, 6.45) is 4.44. The molecule has 1 unspecified atom stereocenters. The van der Waals surface area contributed by atoms with Crippen LogP contribution in [0.5, 0.6) is 0 Å². The minimum absolute atomic E-state index is 0.318. The number of benzene rings is 2. The number of hydrogen-bond donors (Lipinski definition) is 0. The molecule has 0 saturated heterocycles. The molecule has 1 atom stereocenters. The minimum Gasteiger partial charge on any atom is -0.123 e. The molecular formula is C16H19Cl. The summed E-state index contributed by atoms with van der Waals surface area (Å²) >= 11 is 6.28. The molecule has 0 spiro atoms. The SMILES string of the molecule is CCCC(Cl)CCc1cccc2ccccc12. The highest BCUT2D eigenvalue weighted by molar-refractivity contribution is 6.20. The van der Waals surface area contributed by atoms with Crippen LogP contribution < -0.4 is 0 Å². The van der Waals surface area contributed by atoms with Gasteiger partial charge in [-0.05, 0) is 35.6 Å². The maximum absolute atomic E-state index is 6.28.